The lowest BCUT2D eigenvalue weighted by molar-refractivity contribution is -0.119. The molecular formula is C12H14N2OS. The highest BCUT2D eigenvalue weighted by Crippen LogP contribution is 2.21. The highest BCUT2D eigenvalue weighted by Gasteiger charge is 2.19. The number of hydrogen-bond donors (Lipinski definition) is 1. The van der Waals surface area contributed by atoms with E-state index in [0.717, 1.165) is 30.6 Å². The third-order valence-electron chi connectivity index (χ3n) is 2.77. The van der Waals surface area contributed by atoms with Gasteiger partial charge in [0.25, 0.3) is 0 Å². The van der Waals surface area contributed by atoms with Crippen LogP contribution < -0.4 is 10.6 Å². The van der Waals surface area contributed by atoms with Crippen LogP contribution in [0.25, 0.3) is 0 Å². The van der Waals surface area contributed by atoms with E-state index in [0.29, 0.717) is 11.4 Å². The number of anilines is 1. The number of carbonyl (C=O) groups is 1. The highest BCUT2D eigenvalue weighted by molar-refractivity contribution is 7.80. The van der Waals surface area contributed by atoms with E-state index in [-0.39, 0.29) is 5.91 Å². The lowest BCUT2D eigenvalue weighted by Crippen LogP contribution is -2.35. The molecular weight excluding hydrogens is 220 g/mol. The van der Waals surface area contributed by atoms with Gasteiger partial charge in [-0.05, 0) is 25.0 Å². The Morgan fingerprint density at radius 2 is 2.19 bits per heavy atom. The molecule has 1 saturated heterocycles. The maximum Gasteiger partial charge on any atom is 0.226 e. The van der Waals surface area contributed by atoms with Crippen LogP contribution >= 0.6 is 12.2 Å². The fourth-order valence-corrected chi connectivity index (χ4v) is 2.03. The second-order valence-electron chi connectivity index (χ2n) is 3.92. The lowest BCUT2D eigenvalue weighted by atomic mass is 10.1. The van der Waals surface area contributed by atoms with E-state index in [9.17, 15) is 4.79 Å². The maximum absolute atomic E-state index is 11.7. The van der Waals surface area contributed by atoms with Gasteiger partial charge >= 0.3 is 0 Å². The summed E-state index contributed by atoms with van der Waals surface area (Å²) in [6.07, 6.45) is 2.69. The van der Waals surface area contributed by atoms with Crippen molar-refractivity contribution < 1.29 is 4.79 Å². The monoisotopic (exact) mass is 234 g/mol. The van der Waals surface area contributed by atoms with Crippen LogP contribution in [0, 0.1) is 0 Å². The SMILES string of the molecule is NC(=S)c1cccc(N2CCCCC2=O)c1. The Bertz CT molecular complexity index is 431. The number of thiocarbonyl (C=S) groups is 1. The molecule has 0 atom stereocenters. The van der Waals surface area contributed by atoms with Crippen LogP contribution in [0.5, 0.6) is 0 Å². The summed E-state index contributed by atoms with van der Waals surface area (Å²) in [6.45, 7) is 0.791. The molecule has 4 heteroatoms. The molecule has 2 rings (SSSR count). The molecule has 0 radical (unpaired) electrons. The smallest absolute Gasteiger partial charge is 0.226 e. The molecule has 0 unspecified atom stereocenters. The summed E-state index contributed by atoms with van der Waals surface area (Å²) in [5, 5.41) is 0. The van der Waals surface area contributed by atoms with Crippen LogP contribution in [0.4, 0.5) is 5.69 Å². The molecule has 84 valence electrons. The number of nitrogens with two attached hydrogens (primary N) is 1. The third kappa shape index (κ3) is 2.22. The van der Waals surface area contributed by atoms with Crippen molar-refractivity contribution in [2.45, 2.75) is 19.3 Å². The van der Waals surface area contributed by atoms with E-state index in [1.165, 1.54) is 0 Å². The second kappa shape index (κ2) is 4.61. The summed E-state index contributed by atoms with van der Waals surface area (Å²) in [4.78, 5) is 13.9. The molecule has 16 heavy (non-hydrogen) atoms. The van der Waals surface area contributed by atoms with Gasteiger partial charge in [-0.3, -0.25) is 4.79 Å². The summed E-state index contributed by atoms with van der Waals surface area (Å²) in [5.41, 5.74) is 7.28. The van der Waals surface area contributed by atoms with Gasteiger partial charge in [0.05, 0.1) is 0 Å². The molecule has 1 aliphatic rings. The Hall–Kier alpha value is -1.42. The van der Waals surface area contributed by atoms with Crippen molar-refractivity contribution in [2.24, 2.45) is 5.73 Å². The highest BCUT2D eigenvalue weighted by atomic mass is 32.1. The van der Waals surface area contributed by atoms with Crippen molar-refractivity contribution in [2.75, 3.05) is 11.4 Å². The standard InChI is InChI=1S/C12H14N2OS/c13-12(16)9-4-3-5-10(8-9)14-7-2-1-6-11(14)15/h3-5,8H,1-2,6-7H2,(H2,13,16). The van der Waals surface area contributed by atoms with Crippen LogP contribution in [-0.2, 0) is 4.79 Å². The van der Waals surface area contributed by atoms with Crippen molar-refractivity contribution in [3.8, 4) is 0 Å². The Labute approximate surface area is 100 Å². The average molecular weight is 234 g/mol. The van der Waals surface area contributed by atoms with Gasteiger partial charge in [-0.15, -0.1) is 0 Å². The van der Waals surface area contributed by atoms with Crippen LogP contribution in [0.1, 0.15) is 24.8 Å². The maximum atomic E-state index is 11.7. The van der Waals surface area contributed by atoms with E-state index in [1.54, 1.807) is 0 Å². The largest absolute Gasteiger partial charge is 0.389 e. The van der Waals surface area contributed by atoms with Gasteiger partial charge in [-0.1, -0.05) is 24.4 Å². The predicted molar refractivity (Wildman–Crippen MR) is 68.5 cm³/mol. The molecule has 1 aliphatic heterocycles. The normalized spacial score (nSPS) is 16.2. The summed E-state index contributed by atoms with van der Waals surface area (Å²) in [6, 6.07) is 7.54. The second-order valence-corrected chi connectivity index (χ2v) is 4.36. The lowest BCUT2D eigenvalue weighted by Gasteiger charge is -2.27. The van der Waals surface area contributed by atoms with Crippen molar-refractivity contribution in [3.63, 3.8) is 0 Å². The van der Waals surface area contributed by atoms with E-state index >= 15 is 0 Å². The molecule has 0 aromatic heterocycles. The molecule has 2 N–H and O–H groups in total. The minimum Gasteiger partial charge on any atom is -0.389 e. The predicted octanol–water partition coefficient (Wildman–Crippen LogP) is 1.84. The first-order valence-corrected chi connectivity index (χ1v) is 5.79. The summed E-state index contributed by atoms with van der Waals surface area (Å²) in [7, 11) is 0. The molecule has 1 fully saturated rings. The van der Waals surface area contributed by atoms with Crippen molar-refractivity contribution >= 4 is 28.8 Å². The molecule has 1 heterocycles. The number of amides is 1. The number of carbonyl (C=O) groups excluding carboxylic acids is 1. The zero-order valence-corrected chi connectivity index (χ0v) is 9.80. The fourth-order valence-electron chi connectivity index (χ4n) is 1.91. The average Bonchev–Trinajstić information content (AvgIpc) is 2.30. The van der Waals surface area contributed by atoms with E-state index in [1.807, 2.05) is 29.2 Å². The first-order chi connectivity index (χ1) is 7.68. The Morgan fingerprint density at radius 1 is 1.38 bits per heavy atom. The molecule has 0 bridgehead atoms. The molecule has 1 aromatic carbocycles. The minimum atomic E-state index is 0.186. The molecule has 0 saturated carbocycles. The molecule has 1 amide bonds. The van der Waals surface area contributed by atoms with Gasteiger partial charge in [0.2, 0.25) is 5.91 Å². The van der Waals surface area contributed by atoms with Crippen molar-refractivity contribution in [1.29, 1.82) is 0 Å². The van der Waals surface area contributed by atoms with E-state index in [2.05, 4.69) is 0 Å². The van der Waals surface area contributed by atoms with Crippen molar-refractivity contribution in [1.82, 2.24) is 0 Å². The number of hydrogen-bond acceptors (Lipinski definition) is 2. The Kier molecular flexibility index (Phi) is 3.19. The number of rotatable bonds is 2. The van der Waals surface area contributed by atoms with Gasteiger partial charge in [-0.2, -0.15) is 0 Å². The van der Waals surface area contributed by atoms with Gasteiger partial charge < -0.3 is 10.6 Å². The Balaban J connectivity index is 2.28. The minimum absolute atomic E-state index is 0.186. The summed E-state index contributed by atoms with van der Waals surface area (Å²) >= 11 is 4.93. The van der Waals surface area contributed by atoms with Crippen LogP contribution in [-0.4, -0.2) is 17.4 Å². The quantitative estimate of drug-likeness (QED) is 0.794. The first-order valence-electron chi connectivity index (χ1n) is 5.39. The number of benzene rings is 1. The van der Waals surface area contributed by atoms with Crippen molar-refractivity contribution in [3.05, 3.63) is 29.8 Å². The molecule has 0 aliphatic carbocycles. The van der Waals surface area contributed by atoms with Gasteiger partial charge in [0.1, 0.15) is 4.99 Å². The zero-order valence-electron chi connectivity index (χ0n) is 8.98. The summed E-state index contributed by atoms with van der Waals surface area (Å²) in [5.74, 6) is 0.186. The topological polar surface area (TPSA) is 46.3 Å². The third-order valence-corrected chi connectivity index (χ3v) is 3.00. The van der Waals surface area contributed by atoms with Crippen LogP contribution in [0.15, 0.2) is 24.3 Å². The zero-order chi connectivity index (χ0) is 11.5. The van der Waals surface area contributed by atoms with E-state index < -0.39 is 0 Å². The summed E-state index contributed by atoms with van der Waals surface area (Å²) < 4.78 is 0. The number of nitrogens with zero attached hydrogens (tertiary/aromatic N) is 1. The fraction of sp³-hybridized carbons (Fsp3) is 0.333. The first kappa shape index (κ1) is 11.1. The van der Waals surface area contributed by atoms with Crippen LogP contribution in [0.3, 0.4) is 0 Å². The van der Waals surface area contributed by atoms with Crippen LogP contribution in [0.2, 0.25) is 0 Å². The van der Waals surface area contributed by atoms with Gasteiger partial charge in [-0.25, -0.2) is 0 Å². The Morgan fingerprint density at radius 3 is 2.88 bits per heavy atom. The molecule has 0 spiro atoms. The van der Waals surface area contributed by atoms with E-state index in [4.69, 9.17) is 18.0 Å². The number of piperidine rings is 1. The van der Waals surface area contributed by atoms with Gasteiger partial charge in [0, 0.05) is 24.2 Å². The molecule has 1 aromatic rings. The molecule has 3 nitrogen and oxygen atoms in total. The van der Waals surface area contributed by atoms with Gasteiger partial charge in [0.15, 0.2) is 0 Å².